The van der Waals surface area contributed by atoms with Crippen molar-refractivity contribution in [1.82, 2.24) is 9.21 Å². The predicted molar refractivity (Wildman–Crippen MR) is 106 cm³/mol. The van der Waals surface area contributed by atoms with Gasteiger partial charge in [-0.1, -0.05) is 24.6 Å². The second-order valence-electron chi connectivity index (χ2n) is 7.24. The van der Waals surface area contributed by atoms with Crippen LogP contribution >= 0.6 is 0 Å². The average Bonchev–Trinajstić information content (AvgIpc) is 2.69. The number of halogens is 1. The quantitative estimate of drug-likeness (QED) is 0.764. The van der Waals surface area contributed by atoms with Gasteiger partial charge in [0.25, 0.3) is 5.91 Å². The lowest BCUT2D eigenvalue weighted by molar-refractivity contribution is 0.0783. The zero-order valence-electron chi connectivity index (χ0n) is 16.1. The number of sulfonamides is 1. The summed E-state index contributed by atoms with van der Waals surface area (Å²) in [6.07, 6.45) is 2.76. The van der Waals surface area contributed by atoms with Crippen molar-refractivity contribution in [3.8, 4) is 0 Å². The van der Waals surface area contributed by atoms with Crippen LogP contribution < -0.4 is 0 Å². The Balaban J connectivity index is 1.74. The number of rotatable bonds is 5. The third-order valence-electron chi connectivity index (χ3n) is 5.16. The molecule has 2 aromatic carbocycles. The fourth-order valence-corrected chi connectivity index (χ4v) is 5.21. The maximum Gasteiger partial charge on any atom is 0.253 e. The standard InChI is InChI=1S/C21H25FN2O3S/c1-16-7-5-6-14-24(16)28(26,27)19-12-10-17(11-13-19)21(25)23(2)15-18-8-3-4-9-20(18)22/h3-4,8-13,16H,5-7,14-15H2,1-2H3. The SMILES string of the molecule is CC1CCCCN1S(=O)(=O)c1ccc(C(=O)N(C)Cc2ccccc2F)cc1. The van der Waals surface area contributed by atoms with Crippen LogP contribution in [0.25, 0.3) is 0 Å². The van der Waals surface area contributed by atoms with Gasteiger partial charge in [-0.05, 0) is 50.1 Å². The van der Waals surface area contributed by atoms with Gasteiger partial charge in [0.2, 0.25) is 10.0 Å². The molecule has 0 radical (unpaired) electrons. The number of amides is 1. The lowest BCUT2D eigenvalue weighted by atomic mass is 10.1. The molecule has 1 aliphatic rings. The van der Waals surface area contributed by atoms with E-state index in [1.165, 1.54) is 39.5 Å². The first-order valence-corrected chi connectivity index (χ1v) is 10.9. The van der Waals surface area contributed by atoms with Crippen molar-refractivity contribution in [3.63, 3.8) is 0 Å². The van der Waals surface area contributed by atoms with Crippen LogP contribution in [0.5, 0.6) is 0 Å². The molecule has 1 heterocycles. The van der Waals surface area contributed by atoms with Gasteiger partial charge in [0.05, 0.1) is 4.90 Å². The maximum absolute atomic E-state index is 13.8. The molecule has 0 aromatic heterocycles. The molecule has 5 nitrogen and oxygen atoms in total. The fourth-order valence-electron chi connectivity index (χ4n) is 3.51. The van der Waals surface area contributed by atoms with E-state index in [1.807, 2.05) is 6.92 Å². The first-order valence-electron chi connectivity index (χ1n) is 9.41. The van der Waals surface area contributed by atoms with Gasteiger partial charge in [-0.25, -0.2) is 12.8 Å². The molecule has 1 amide bonds. The van der Waals surface area contributed by atoms with Crippen molar-refractivity contribution in [2.24, 2.45) is 0 Å². The van der Waals surface area contributed by atoms with Crippen molar-refractivity contribution in [3.05, 3.63) is 65.5 Å². The van der Waals surface area contributed by atoms with Gasteiger partial charge >= 0.3 is 0 Å². The normalized spacial score (nSPS) is 18.0. The highest BCUT2D eigenvalue weighted by Gasteiger charge is 2.31. The summed E-state index contributed by atoms with van der Waals surface area (Å²) >= 11 is 0. The maximum atomic E-state index is 13.8. The van der Waals surface area contributed by atoms with Gasteiger partial charge in [-0.15, -0.1) is 0 Å². The number of hydrogen-bond donors (Lipinski definition) is 0. The number of carbonyl (C=O) groups excluding carboxylic acids is 1. The zero-order valence-corrected chi connectivity index (χ0v) is 17.0. The average molecular weight is 405 g/mol. The van der Waals surface area contributed by atoms with Crippen molar-refractivity contribution in [1.29, 1.82) is 0 Å². The van der Waals surface area contributed by atoms with E-state index in [1.54, 1.807) is 25.2 Å². The lowest BCUT2D eigenvalue weighted by Gasteiger charge is -2.32. The summed E-state index contributed by atoms with van der Waals surface area (Å²) in [6, 6.07) is 12.3. The molecule has 28 heavy (non-hydrogen) atoms. The van der Waals surface area contributed by atoms with E-state index in [4.69, 9.17) is 0 Å². The van der Waals surface area contributed by atoms with E-state index in [0.717, 1.165) is 19.3 Å². The van der Waals surface area contributed by atoms with Crippen LogP contribution in [0, 0.1) is 5.82 Å². The second kappa shape index (κ2) is 8.41. The number of benzene rings is 2. The van der Waals surface area contributed by atoms with Crippen LogP contribution in [-0.2, 0) is 16.6 Å². The molecule has 0 aliphatic carbocycles. The number of carbonyl (C=O) groups is 1. The fraction of sp³-hybridized carbons (Fsp3) is 0.381. The summed E-state index contributed by atoms with van der Waals surface area (Å²) in [5, 5.41) is 0. The summed E-state index contributed by atoms with van der Waals surface area (Å²) in [5.74, 6) is -0.655. The third-order valence-corrected chi connectivity index (χ3v) is 7.19. The van der Waals surface area contributed by atoms with Crippen molar-refractivity contribution >= 4 is 15.9 Å². The smallest absolute Gasteiger partial charge is 0.253 e. The summed E-state index contributed by atoms with van der Waals surface area (Å²) in [6.45, 7) is 2.58. The Bertz CT molecular complexity index is 944. The number of piperidine rings is 1. The zero-order chi connectivity index (χ0) is 20.3. The minimum atomic E-state index is -3.57. The van der Waals surface area contributed by atoms with E-state index >= 15 is 0 Å². The van der Waals surface area contributed by atoms with Gasteiger partial charge in [-0.3, -0.25) is 4.79 Å². The molecule has 3 rings (SSSR count). The molecule has 2 aromatic rings. The Labute approximate surface area is 165 Å². The minimum absolute atomic E-state index is 0.0213. The number of nitrogens with zero attached hydrogens (tertiary/aromatic N) is 2. The van der Waals surface area contributed by atoms with E-state index in [9.17, 15) is 17.6 Å². The molecule has 1 unspecified atom stereocenters. The molecule has 1 atom stereocenters. The van der Waals surface area contributed by atoms with Crippen molar-refractivity contribution < 1.29 is 17.6 Å². The molecule has 150 valence electrons. The summed E-state index contributed by atoms with van der Waals surface area (Å²) in [4.78, 5) is 14.2. The lowest BCUT2D eigenvalue weighted by Crippen LogP contribution is -2.41. The molecule has 0 saturated carbocycles. The van der Waals surface area contributed by atoms with E-state index in [0.29, 0.717) is 17.7 Å². The van der Waals surface area contributed by atoms with Gasteiger partial charge in [0.15, 0.2) is 0 Å². The molecular formula is C21H25FN2O3S. The van der Waals surface area contributed by atoms with E-state index in [2.05, 4.69) is 0 Å². The summed E-state index contributed by atoms with van der Waals surface area (Å²) < 4.78 is 41.1. The molecule has 1 saturated heterocycles. The van der Waals surface area contributed by atoms with Crippen LogP contribution in [0.15, 0.2) is 53.4 Å². The Hall–Kier alpha value is -2.25. The first-order chi connectivity index (χ1) is 13.3. The largest absolute Gasteiger partial charge is 0.337 e. The Morgan fingerprint density at radius 3 is 2.46 bits per heavy atom. The van der Waals surface area contributed by atoms with Gasteiger partial charge in [0, 0.05) is 37.3 Å². The van der Waals surface area contributed by atoms with Crippen LogP contribution in [-0.4, -0.2) is 43.2 Å². The second-order valence-corrected chi connectivity index (χ2v) is 9.13. The highest BCUT2D eigenvalue weighted by Crippen LogP contribution is 2.25. The first kappa shape index (κ1) is 20.5. The molecule has 0 bridgehead atoms. The topological polar surface area (TPSA) is 57.7 Å². The predicted octanol–water partition coefficient (Wildman–Crippen LogP) is 3.66. The highest BCUT2D eigenvalue weighted by molar-refractivity contribution is 7.89. The summed E-state index contributed by atoms with van der Waals surface area (Å²) in [7, 11) is -1.98. The third kappa shape index (κ3) is 4.25. The highest BCUT2D eigenvalue weighted by atomic mass is 32.2. The molecule has 0 spiro atoms. The van der Waals surface area contributed by atoms with Crippen LogP contribution in [0.2, 0.25) is 0 Å². The molecule has 1 aliphatic heterocycles. The Morgan fingerprint density at radius 2 is 1.82 bits per heavy atom. The monoisotopic (exact) mass is 404 g/mol. The van der Waals surface area contributed by atoms with Crippen LogP contribution in [0.4, 0.5) is 4.39 Å². The molecule has 1 fully saturated rings. The van der Waals surface area contributed by atoms with E-state index in [-0.39, 0.29) is 29.2 Å². The molecule has 7 heteroatoms. The van der Waals surface area contributed by atoms with Gasteiger partial charge < -0.3 is 4.90 Å². The van der Waals surface area contributed by atoms with Crippen LogP contribution in [0.3, 0.4) is 0 Å². The Kier molecular flexibility index (Phi) is 6.15. The minimum Gasteiger partial charge on any atom is -0.337 e. The Morgan fingerprint density at radius 1 is 1.14 bits per heavy atom. The molecule has 0 N–H and O–H groups in total. The molecular weight excluding hydrogens is 379 g/mol. The van der Waals surface area contributed by atoms with E-state index < -0.39 is 10.0 Å². The van der Waals surface area contributed by atoms with Crippen LogP contribution in [0.1, 0.15) is 42.1 Å². The van der Waals surface area contributed by atoms with Gasteiger partial charge in [0.1, 0.15) is 5.82 Å². The van der Waals surface area contributed by atoms with Gasteiger partial charge in [-0.2, -0.15) is 4.31 Å². The van der Waals surface area contributed by atoms with Crippen molar-refractivity contribution in [2.45, 2.75) is 43.7 Å². The van der Waals surface area contributed by atoms with Crippen molar-refractivity contribution in [2.75, 3.05) is 13.6 Å². The number of hydrogen-bond acceptors (Lipinski definition) is 3. The summed E-state index contributed by atoms with van der Waals surface area (Å²) in [5.41, 5.74) is 0.793.